The van der Waals surface area contributed by atoms with E-state index in [1.54, 1.807) is 6.20 Å². The summed E-state index contributed by atoms with van der Waals surface area (Å²) < 4.78 is 0. The third-order valence-electron chi connectivity index (χ3n) is 3.62. The molecular weight excluding hydrogens is 297 g/mol. The molecule has 0 aromatic carbocycles. The Kier molecular flexibility index (Phi) is 8.09. The minimum Gasteiger partial charge on any atom is -0.347 e. The van der Waals surface area contributed by atoms with Crippen LogP contribution in [0.15, 0.2) is 24.4 Å². The normalized spacial score (nSPS) is 22.9. The van der Waals surface area contributed by atoms with Crippen molar-refractivity contribution in [3.63, 3.8) is 0 Å². The highest BCUT2D eigenvalue weighted by molar-refractivity contribution is 5.85. The molecule has 0 bridgehead atoms. The molecule has 6 heteroatoms. The highest BCUT2D eigenvalue weighted by Gasteiger charge is 2.35. The summed E-state index contributed by atoms with van der Waals surface area (Å²) in [5.74, 6) is 0.118. The molecule has 0 aliphatic carbocycles. The van der Waals surface area contributed by atoms with Crippen molar-refractivity contribution in [1.29, 1.82) is 0 Å². The lowest BCUT2D eigenvalue weighted by atomic mass is 9.81. The van der Waals surface area contributed by atoms with Crippen molar-refractivity contribution in [3.8, 4) is 0 Å². The van der Waals surface area contributed by atoms with Gasteiger partial charge >= 0.3 is 0 Å². The second-order valence-electron chi connectivity index (χ2n) is 5.29. The smallest absolute Gasteiger partial charge is 0.227 e. The number of aromatic nitrogens is 1. The zero-order valence-electron chi connectivity index (χ0n) is 11.9. The topological polar surface area (TPSA) is 54.0 Å². The molecule has 1 aromatic rings. The van der Waals surface area contributed by atoms with E-state index >= 15 is 0 Å². The molecule has 2 N–H and O–H groups in total. The Bertz CT molecular complexity index is 408. The molecule has 2 heterocycles. The van der Waals surface area contributed by atoms with Crippen LogP contribution in [0, 0.1) is 5.41 Å². The van der Waals surface area contributed by atoms with Crippen LogP contribution in [-0.4, -0.2) is 24.0 Å². The van der Waals surface area contributed by atoms with Gasteiger partial charge in [0.25, 0.3) is 0 Å². The number of piperidine rings is 1. The lowest BCUT2D eigenvalue weighted by Crippen LogP contribution is -2.49. The molecule has 1 aromatic heterocycles. The molecule has 20 heavy (non-hydrogen) atoms. The van der Waals surface area contributed by atoms with Gasteiger partial charge in [0.1, 0.15) is 0 Å². The lowest BCUT2D eigenvalue weighted by Gasteiger charge is -2.33. The highest BCUT2D eigenvalue weighted by Crippen LogP contribution is 2.26. The van der Waals surface area contributed by atoms with Crippen LogP contribution in [-0.2, 0) is 4.79 Å². The maximum absolute atomic E-state index is 12.3. The number of carbonyl (C=O) groups excluding carboxylic acids is 1. The maximum atomic E-state index is 12.3. The summed E-state index contributed by atoms with van der Waals surface area (Å²) in [6, 6.07) is 5.71. The van der Waals surface area contributed by atoms with E-state index in [9.17, 15) is 4.79 Å². The SMILES string of the molecule is CC(NC(=O)C1(C)CCCNC1)c1ccccn1.Cl.Cl. The Hall–Kier alpha value is -0.840. The fourth-order valence-electron chi connectivity index (χ4n) is 2.33. The largest absolute Gasteiger partial charge is 0.347 e. The molecule has 2 unspecified atom stereocenters. The average molecular weight is 320 g/mol. The number of halogens is 2. The molecule has 0 radical (unpaired) electrons. The first-order chi connectivity index (χ1) is 8.62. The van der Waals surface area contributed by atoms with Crippen molar-refractivity contribution in [1.82, 2.24) is 15.6 Å². The molecule has 1 aliphatic rings. The van der Waals surface area contributed by atoms with E-state index in [-0.39, 0.29) is 42.2 Å². The molecule has 114 valence electrons. The number of hydrogen-bond acceptors (Lipinski definition) is 3. The van der Waals surface area contributed by atoms with Crippen molar-refractivity contribution in [2.75, 3.05) is 13.1 Å². The van der Waals surface area contributed by atoms with Crippen LogP contribution < -0.4 is 10.6 Å². The van der Waals surface area contributed by atoms with Crippen LogP contribution in [0.25, 0.3) is 0 Å². The summed E-state index contributed by atoms with van der Waals surface area (Å²) >= 11 is 0. The maximum Gasteiger partial charge on any atom is 0.227 e. The number of carbonyl (C=O) groups is 1. The van der Waals surface area contributed by atoms with Gasteiger partial charge in [-0.1, -0.05) is 6.07 Å². The molecule has 2 rings (SSSR count). The predicted octanol–water partition coefficient (Wildman–Crippen LogP) is 2.49. The van der Waals surface area contributed by atoms with Gasteiger partial charge in [0.15, 0.2) is 0 Å². The molecular formula is C14H23Cl2N3O. The number of pyridine rings is 1. The zero-order chi connectivity index (χ0) is 13.0. The van der Waals surface area contributed by atoms with Gasteiger partial charge in [-0.05, 0) is 45.4 Å². The molecule has 1 saturated heterocycles. The number of amides is 1. The molecule has 1 fully saturated rings. The van der Waals surface area contributed by atoms with E-state index in [1.165, 1.54) is 0 Å². The summed E-state index contributed by atoms with van der Waals surface area (Å²) in [5.41, 5.74) is 0.611. The number of nitrogens with one attached hydrogen (secondary N) is 2. The summed E-state index contributed by atoms with van der Waals surface area (Å²) in [6.45, 7) is 5.77. The Balaban J connectivity index is 0.00000180. The zero-order valence-corrected chi connectivity index (χ0v) is 13.5. The molecule has 1 amide bonds. The predicted molar refractivity (Wildman–Crippen MR) is 85.5 cm³/mol. The fourth-order valence-corrected chi connectivity index (χ4v) is 2.33. The van der Waals surface area contributed by atoms with Gasteiger partial charge in [-0.15, -0.1) is 24.8 Å². The van der Waals surface area contributed by atoms with E-state index in [1.807, 2.05) is 32.0 Å². The van der Waals surface area contributed by atoms with Gasteiger partial charge in [-0.2, -0.15) is 0 Å². The third kappa shape index (κ3) is 4.62. The van der Waals surface area contributed by atoms with Crippen LogP contribution in [0.4, 0.5) is 0 Å². The average Bonchev–Trinajstić information content (AvgIpc) is 2.40. The molecule has 1 aliphatic heterocycles. The summed E-state index contributed by atoms with van der Waals surface area (Å²) in [7, 11) is 0. The Labute approximate surface area is 132 Å². The monoisotopic (exact) mass is 319 g/mol. The van der Waals surface area contributed by atoms with Crippen LogP contribution in [0.5, 0.6) is 0 Å². The van der Waals surface area contributed by atoms with Crippen molar-refractivity contribution >= 4 is 30.7 Å². The van der Waals surface area contributed by atoms with Crippen LogP contribution in [0.2, 0.25) is 0 Å². The van der Waals surface area contributed by atoms with E-state index < -0.39 is 0 Å². The Morgan fingerprint density at radius 2 is 2.20 bits per heavy atom. The molecule has 0 saturated carbocycles. The van der Waals surface area contributed by atoms with Gasteiger partial charge in [-0.25, -0.2) is 0 Å². The summed E-state index contributed by atoms with van der Waals surface area (Å²) in [6.07, 6.45) is 3.75. The van der Waals surface area contributed by atoms with E-state index in [0.29, 0.717) is 0 Å². The minimum absolute atomic E-state index is 0. The van der Waals surface area contributed by atoms with Crippen molar-refractivity contribution in [2.24, 2.45) is 5.41 Å². The van der Waals surface area contributed by atoms with Crippen LogP contribution in [0.3, 0.4) is 0 Å². The van der Waals surface area contributed by atoms with E-state index in [4.69, 9.17) is 0 Å². The third-order valence-corrected chi connectivity index (χ3v) is 3.62. The first-order valence-electron chi connectivity index (χ1n) is 6.54. The van der Waals surface area contributed by atoms with Gasteiger partial charge in [0, 0.05) is 12.7 Å². The molecule has 4 nitrogen and oxygen atoms in total. The second kappa shape index (κ2) is 8.45. The van der Waals surface area contributed by atoms with E-state index in [0.717, 1.165) is 31.6 Å². The Morgan fingerprint density at radius 1 is 1.45 bits per heavy atom. The number of rotatable bonds is 3. The van der Waals surface area contributed by atoms with Crippen LogP contribution >= 0.6 is 24.8 Å². The van der Waals surface area contributed by atoms with E-state index in [2.05, 4.69) is 15.6 Å². The summed E-state index contributed by atoms with van der Waals surface area (Å²) in [5, 5.41) is 6.36. The second-order valence-corrected chi connectivity index (χ2v) is 5.29. The fraction of sp³-hybridized carbons (Fsp3) is 0.571. The number of hydrogen-bond donors (Lipinski definition) is 2. The standard InChI is InChI=1S/C14H21N3O.2ClH/c1-11(12-6-3-4-9-16-12)17-13(18)14(2)7-5-8-15-10-14;;/h3-4,6,9,11,15H,5,7-8,10H2,1-2H3,(H,17,18);2*1H. The van der Waals surface area contributed by atoms with Gasteiger partial charge in [-0.3, -0.25) is 9.78 Å². The lowest BCUT2D eigenvalue weighted by molar-refractivity contribution is -0.131. The Morgan fingerprint density at radius 3 is 2.75 bits per heavy atom. The quantitative estimate of drug-likeness (QED) is 0.900. The number of nitrogens with zero attached hydrogens (tertiary/aromatic N) is 1. The molecule has 0 spiro atoms. The van der Waals surface area contributed by atoms with Gasteiger partial charge < -0.3 is 10.6 Å². The van der Waals surface area contributed by atoms with Gasteiger partial charge in [0.2, 0.25) is 5.91 Å². The van der Waals surface area contributed by atoms with Gasteiger partial charge in [0.05, 0.1) is 17.2 Å². The summed E-state index contributed by atoms with van der Waals surface area (Å²) in [4.78, 5) is 16.6. The first kappa shape index (κ1) is 19.2. The van der Waals surface area contributed by atoms with Crippen molar-refractivity contribution in [2.45, 2.75) is 32.7 Å². The highest BCUT2D eigenvalue weighted by atomic mass is 35.5. The molecule has 2 atom stereocenters. The minimum atomic E-state index is -0.290. The van der Waals surface area contributed by atoms with Crippen molar-refractivity contribution in [3.05, 3.63) is 30.1 Å². The first-order valence-corrected chi connectivity index (χ1v) is 6.54. The van der Waals surface area contributed by atoms with Crippen LogP contribution in [0.1, 0.15) is 38.4 Å². The van der Waals surface area contributed by atoms with Crippen molar-refractivity contribution < 1.29 is 4.79 Å².